The lowest BCUT2D eigenvalue weighted by atomic mass is 10.1. The topological polar surface area (TPSA) is 59.2 Å². The Morgan fingerprint density at radius 1 is 1.03 bits per heavy atom. The summed E-state index contributed by atoms with van der Waals surface area (Å²) in [6.07, 6.45) is -2.55. The van der Waals surface area contributed by atoms with Crippen LogP contribution in [0.4, 0.5) is 18.9 Å². The molecule has 0 saturated carbocycles. The molecular formula is C23H24F3N3O. The van der Waals surface area contributed by atoms with Crippen molar-refractivity contribution in [3.63, 3.8) is 0 Å². The smallest absolute Gasteiger partial charge is 0.398 e. The van der Waals surface area contributed by atoms with Gasteiger partial charge in [0.05, 0.1) is 11.1 Å². The van der Waals surface area contributed by atoms with E-state index in [1.807, 2.05) is 24.3 Å². The number of aromatic nitrogens is 1. The van der Waals surface area contributed by atoms with E-state index in [0.29, 0.717) is 17.8 Å². The molecule has 1 heterocycles. The van der Waals surface area contributed by atoms with E-state index < -0.39 is 11.7 Å². The number of anilines is 1. The molecule has 2 aromatic carbocycles. The lowest BCUT2D eigenvalue weighted by molar-refractivity contribution is -0.137. The second kappa shape index (κ2) is 8.73. The summed E-state index contributed by atoms with van der Waals surface area (Å²) in [5, 5.41) is 0.824. The molecule has 0 aliphatic rings. The van der Waals surface area contributed by atoms with E-state index in [2.05, 4.69) is 11.9 Å². The lowest BCUT2D eigenvalue weighted by Crippen LogP contribution is -2.27. The van der Waals surface area contributed by atoms with Gasteiger partial charge in [-0.2, -0.15) is 13.2 Å². The number of nitrogen functional groups attached to an aromatic ring is 1. The van der Waals surface area contributed by atoms with Gasteiger partial charge in [-0.25, -0.2) is 0 Å². The Kier molecular flexibility index (Phi) is 6.29. The van der Waals surface area contributed by atoms with Crippen LogP contribution in [-0.4, -0.2) is 15.8 Å². The Balaban J connectivity index is 1.81. The third-order valence-electron chi connectivity index (χ3n) is 4.94. The minimum atomic E-state index is -4.38. The van der Waals surface area contributed by atoms with Gasteiger partial charge in [-0.05, 0) is 47.9 Å². The first kappa shape index (κ1) is 21.6. The molecule has 0 bridgehead atoms. The number of benzene rings is 2. The number of fused-ring (bicyclic) bond motifs is 1. The number of hydrogen-bond donors (Lipinski definition) is 1. The molecule has 0 radical (unpaired) electrons. The molecule has 0 atom stereocenters. The zero-order valence-electron chi connectivity index (χ0n) is 17.0. The largest absolute Gasteiger partial charge is 0.416 e. The van der Waals surface area contributed by atoms with Gasteiger partial charge >= 0.3 is 6.18 Å². The van der Waals surface area contributed by atoms with Crippen LogP contribution in [0.2, 0.25) is 0 Å². The molecule has 0 spiro atoms. The fourth-order valence-corrected chi connectivity index (χ4v) is 3.36. The Labute approximate surface area is 173 Å². The van der Waals surface area contributed by atoms with E-state index in [1.165, 1.54) is 19.1 Å². The lowest BCUT2D eigenvalue weighted by Gasteiger charge is -2.22. The van der Waals surface area contributed by atoms with Crippen molar-refractivity contribution in [1.29, 1.82) is 0 Å². The molecule has 0 aliphatic heterocycles. The number of rotatable bonds is 6. The number of aryl methyl sites for hydroxylation is 1. The minimum Gasteiger partial charge on any atom is -0.398 e. The number of pyridine rings is 1. The standard InChI is InChI=1S/C23H24F3N3O/c1-3-4-19-12-21(27)20-11-17(7-10-22(20)28-19)14-29(15(2)30)13-16-5-8-18(9-6-16)23(24,25)26/h5-12H,3-4,13-14H2,1-2H3,(H2,27,28). The highest BCUT2D eigenvalue weighted by atomic mass is 19.4. The van der Waals surface area contributed by atoms with Crippen molar-refractivity contribution in [2.45, 2.75) is 46.0 Å². The molecule has 0 aliphatic carbocycles. The van der Waals surface area contributed by atoms with Gasteiger partial charge in [-0.3, -0.25) is 9.78 Å². The van der Waals surface area contributed by atoms with Crippen LogP contribution in [0.25, 0.3) is 10.9 Å². The van der Waals surface area contributed by atoms with Crippen LogP contribution in [0.1, 0.15) is 42.7 Å². The van der Waals surface area contributed by atoms with Gasteiger partial charge in [-0.15, -0.1) is 0 Å². The molecule has 0 unspecified atom stereocenters. The average Bonchev–Trinajstić information content (AvgIpc) is 2.68. The average molecular weight is 415 g/mol. The fourth-order valence-electron chi connectivity index (χ4n) is 3.36. The Morgan fingerprint density at radius 2 is 1.67 bits per heavy atom. The van der Waals surface area contributed by atoms with Crippen molar-refractivity contribution in [1.82, 2.24) is 9.88 Å². The van der Waals surface area contributed by atoms with Gasteiger partial charge in [0.2, 0.25) is 5.91 Å². The van der Waals surface area contributed by atoms with E-state index in [-0.39, 0.29) is 12.5 Å². The molecule has 4 nitrogen and oxygen atoms in total. The molecule has 3 rings (SSSR count). The van der Waals surface area contributed by atoms with Crippen molar-refractivity contribution < 1.29 is 18.0 Å². The molecule has 0 saturated heterocycles. The van der Waals surface area contributed by atoms with E-state index >= 15 is 0 Å². The van der Waals surface area contributed by atoms with E-state index in [4.69, 9.17) is 5.73 Å². The summed E-state index contributed by atoms with van der Waals surface area (Å²) in [7, 11) is 0. The van der Waals surface area contributed by atoms with Gasteiger partial charge in [0.1, 0.15) is 0 Å². The number of amides is 1. The van der Waals surface area contributed by atoms with Crippen LogP contribution in [0.15, 0.2) is 48.5 Å². The van der Waals surface area contributed by atoms with Crippen molar-refractivity contribution in [3.8, 4) is 0 Å². The monoisotopic (exact) mass is 415 g/mol. The highest BCUT2D eigenvalue weighted by molar-refractivity contribution is 5.90. The SMILES string of the molecule is CCCc1cc(N)c2cc(CN(Cc3ccc(C(F)(F)F)cc3)C(C)=O)ccc2n1. The third-order valence-corrected chi connectivity index (χ3v) is 4.94. The third kappa shape index (κ3) is 5.09. The number of carbonyl (C=O) groups excluding carboxylic acids is 1. The van der Waals surface area contributed by atoms with Gasteiger partial charge in [0.15, 0.2) is 0 Å². The summed E-state index contributed by atoms with van der Waals surface area (Å²) < 4.78 is 38.2. The Hall–Kier alpha value is -3.09. The maximum atomic E-state index is 12.7. The summed E-state index contributed by atoms with van der Waals surface area (Å²) in [4.78, 5) is 18.3. The molecule has 0 fully saturated rings. The number of halogens is 3. The molecule has 2 N–H and O–H groups in total. The summed E-state index contributed by atoms with van der Waals surface area (Å²) >= 11 is 0. The van der Waals surface area contributed by atoms with Crippen molar-refractivity contribution >= 4 is 22.5 Å². The maximum absolute atomic E-state index is 12.7. The molecular weight excluding hydrogens is 391 g/mol. The number of alkyl halides is 3. The molecule has 7 heteroatoms. The van der Waals surface area contributed by atoms with Gasteiger partial charge in [0, 0.05) is 36.8 Å². The minimum absolute atomic E-state index is 0.167. The quantitative estimate of drug-likeness (QED) is 0.591. The van der Waals surface area contributed by atoms with Crippen LogP contribution >= 0.6 is 0 Å². The van der Waals surface area contributed by atoms with Gasteiger partial charge < -0.3 is 10.6 Å². The number of hydrogen-bond acceptors (Lipinski definition) is 3. The number of carbonyl (C=O) groups is 1. The molecule has 3 aromatic rings. The first-order valence-corrected chi connectivity index (χ1v) is 9.77. The van der Waals surface area contributed by atoms with Gasteiger partial charge in [-0.1, -0.05) is 31.5 Å². The molecule has 1 aromatic heterocycles. The highest BCUT2D eigenvalue weighted by Gasteiger charge is 2.30. The normalized spacial score (nSPS) is 11.6. The predicted octanol–water partition coefficient (Wildman–Crippen LogP) is 5.34. The van der Waals surface area contributed by atoms with Crippen LogP contribution < -0.4 is 5.73 Å². The van der Waals surface area contributed by atoms with Crippen molar-refractivity contribution in [3.05, 3.63) is 70.9 Å². The zero-order valence-corrected chi connectivity index (χ0v) is 17.0. The number of nitrogens with zero attached hydrogens (tertiary/aromatic N) is 2. The van der Waals surface area contributed by atoms with Crippen molar-refractivity contribution in [2.24, 2.45) is 0 Å². The van der Waals surface area contributed by atoms with E-state index in [0.717, 1.165) is 47.1 Å². The first-order chi connectivity index (χ1) is 14.2. The van der Waals surface area contributed by atoms with Gasteiger partial charge in [0.25, 0.3) is 0 Å². The molecule has 158 valence electrons. The molecule has 1 amide bonds. The Bertz CT molecular complexity index is 1050. The van der Waals surface area contributed by atoms with Crippen LogP contribution in [0.5, 0.6) is 0 Å². The molecule has 30 heavy (non-hydrogen) atoms. The number of nitrogens with two attached hydrogens (primary N) is 1. The van der Waals surface area contributed by atoms with Crippen LogP contribution in [0, 0.1) is 0 Å². The summed E-state index contributed by atoms with van der Waals surface area (Å²) in [6.45, 7) is 4.06. The predicted molar refractivity (Wildman–Crippen MR) is 112 cm³/mol. The van der Waals surface area contributed by atoms with Crippen LogP contribution in [0.3, 0.4) is 0 Å². The van der Waals surface area contributed by atoms with E-state index in [1.54, 1.807) is 4.90 Å². The summed E-state index contributed by atoms with van der Waals surface area (Å²) in [6, 6.07) is 12.4. The van der Waals surface area contributed by atoms with Crippen molar-refractivity contribution in [2.75, 3.05) is 5.73 Å². The second-order valence-corrected chi connectivity index (χ2v) is 7.37. The first-order valence-electron chi connectivity index (χ1n) is 9.77. The summed E-state index contributed by atoms with van der Waals surface area (Å²) in [5.74, 6) is -0.167. The summed E-state index contributed by atoms with van der Waals surface area (Å²) in [5.41, 5.74) is 9.40. The second-order valence-electron chi connectivity index (χ2n) is 7.37. The zero-order chi connectivity index (χ0) is 21.9. The fraction of sp³-hybridized carbons (Fsp3) is 0.304. The highest BCUT2D eigenvalue weighted by Crippen LogP contribution is 2.29. The maximum Gasteiger partial charge on any atom is 0.416 e. The van der Waals surface area contributed by atoms with E-state index in [9.17, 15) is 18.0 Å². The Morgan fingerprint density at radius 3 is 2.27 bits per heavy atom. The van der Waals surface area contributed by atoms with Crippen LogP contribution in [-0.2, 0) is 30.5 Å².